The summed E-state index contributed by atoms with van der Waals surface area (Å²) in [6.45, 7) is 2.62. The number of carbonyl (C=O) groups is 1. The Morgan fingerprint density at radius 2 is 2.45 bits per heavy atom. The predicted molar refractivity (Wildman–Crippen MR) is 49.8 cm³/mol. The number of aryl methyl sites for hydroxylation is 1. The zero-order valence-electron chi connectivity index (χ0n) is 6.04. The maximum atomic E-state index is 10.6. The van der Waals surface area contributed by atoms with E-state index in [4.69, 9.17) is 5.11 Å². The van der Waals surface area contributed by atoms with E-state index in [1.54, 1.807) is 10.6 Å². The van der Waals surface area contributed by atoms with E-state index >= 15 is 0 Å². The Labute approximate surface area is 78.2 Å². The summed E-state index contributed by atoms with van der Waals surface area (Å²) in [6, 6.07) is 1.66. The van der Waals surface area contributed by atoms with Crippen LogP contribution >= 0.6 is 22.6 Å². The molecule has 0 saturated carbocycles. The van der Waals surface area contributed by atoms with Gasteiger partial charge in [0.25, 0.3) is 0 Å². The Morgan fingerprint density at radius 3 is 2.82 bits per heavy atom. The van der Waals surface area contributed by atoms with E-state index in [1.807, 2.05) is 13.1 Å². The number of rotatable bonds is 2. The summed E-state index contributed by atoms with van der Waals surface area (Å²) in [6.07, 6.45) is 1.82. The van der Waals surface area contributed by atoms with E-state index in [-0.39, 0.29) is 0 Å². The zero-order chi connectivity index (χ0) is 8.43. The van der Waals surface area contributed by atoms with Gasteiger partial charge in [0.05, 0.1) is 0 Å². The maximum Gasteiger partial charge on any atom is 0.352 e. The molecule has 1 aromatic heterocycles. The van der Waals surface area contributed by atoms with Gasteiger partial charge in [-0.3, -0.25) is 0 Å². The van der Waals surface area contributed by atoms with Crippen LogP contribution in [0.4, 0.5) is 0 Å². The Kier molecular flexibility index (Phi) is 2.53. The Hall–Kier alpha value is -0.520. The van der Waals surface area contributed by atoms with E-state index in [0.717, 1.165) is 3.57 Å². The predicted octanol–water partition coefficient (Wildman–Crippen LogP) is 1.81. The summed E-state index contributed by atoms with van der Waals surface area (Å²) in [5.74, 6) is -0.866. The minimum absolute atomic E-state index is 0.358. The second-order valence-electron chi connectivity index (χ2n) is 2.13. The highest BCUT2D eigenvalue weighted by atomic mass is 127. The lowest BCUT2D eigenvalue weighted by molar-refractivity contribution is 0.0685. The van der Waals surface area contributed by atoms with Crippen molar-refractivity contribution in [1.82, 2.24) is 4.57 Å². The molecule has 0 aliphatic carbocycles. The first-order chi connectivity index (χ1) is 5.15. The molecule has 4 heteroatoms. The van der Waals surface area contributed by atoms with Gasteiger partial charge in [-0.05, 0) is 35.6 Å². The van der Waals surface area contributed by atoms with Gasteiger partial charge in [0.15, 0.2) is 0 Å². The molecular formula is C7H8INO2. The summed E-state index contributed by atoms with van der Waals surface area (Å²) in [5.41, 5.74) is 0.358. The van der Waals surface area contributed by atoms with E-state index in [9.17, 15) is 4.79 Å². The second kappa shape index (κ2) is 3.25. The summed E-state index contributed by atoms with van der Waals surface area (Å²) in [4.78, 5) is 10.6. The van der Waals surface area contributed by atoms with Crippen LogP contribution in [0.15, 0.2) is 12.3 Å². The monoisotopic (exact) mass is 265 g/mol. The molecule has 1 heterocycles. The third-order valence-corrected chi connectivity index (χ3v) is 2.01. The Morgan fingerprint density at radius 1 is 1.82 bits per heavy atom. The van der Waals surface area contributed by atoms with Gasteiger partial charge in [0, 0.05) is 16.3 Å². The highest BCUT2D eigenvalue weighted by molar-refractivity contribution is 14.1. The van der Waals surface area contributed by atoms with Crippen molar-refractivity contribution in [2.75, 3.05) is 0 Å². The number of nitrogens with zero attached hydrogens (tertiary/aromatic N) is 1. The molecule has 0 aliphatic rings. The quantitative estimate of drug-likeness (QED) is 0.828. The number of carboxylic acids is 1. The zero-order valence-corrected chi connectivity index (χ0v) is 8.20. The molecular weight excluding hydrogens is 257 g/mol. The fourth-order valence-electron chi connectivity index (χ4n) is 0.915. The lowest BCUT2D eigenvalue weighted by Gasteiger charge is -1.98. The third kappa shape index (κ3) is 1.74. The van der Waals surface area contributed by atoms with Crippen LogP contribution in [0.2, 0.25) is 0 Å². The van der Waals surface area contributed by atoms with Gasteiger partial charge < -0.3 is 9.67 Å². The van der Waals surface area contributed by atoms with Gasteiger partial charge in [0.2, 0.25) is 0 Å². The largest absolute Gasteiger partial charge is 0.477 e. The molecule has 1 rings (SSSR count). The molecule has 0 saturated heterocycles. The normalized spacial score (nSPS) is 10.0. The fraction of sp³-hybridized carbons (Fsp3) is 0.286. The van der Waals surface area contributed by atoms with Crippen molar-refractivity contribution >= 4 is 28.6 Å². The van der Waals surface area contributed by atoms with Crippen LogP contribution < -0.4 is 0 Å². The molecule has 11 heavy (non-hydrogen) atoms. The van der Waals surface area contributed by atoms with E-state index in [2.05, 4.69) is 22.6 Å². The summed E-state index contributed by atoms with van der Waals surface area (Å²) < 4.78 is 2.67. The maximum absolute atomic E-state index is 10.6. The van der Waals surface area contributed by atoms with E-state index in [1.165, 1.54) is 0 Å². The summed E-state index contributed by atoms with van der Waals surface area (Å²) >= 11 is 2.10. The first-order valence-electron chi connectivity index (χ1n) is 3.24. The number of halogens is 1. The molecule has 3 nitrogen and oxygen atoms in total. The van der Waals surface area contributed by atoms with Crippen LogP contribution in [0.3, 0.4) is 0 Å². The molecule has 0 spiro atoms. The molecule has 0 fully saturated rings. The Bertz CT molecular complexity index is 280. The van der Waals surface area contributed by atoms with E-state index < -0.39 is 5.97 Å². The van der Waals surface area contributed by atoms with Crippen molar-refractivity contribution in [2.24, 2.45) is 0 Å². The molecule has 0 bridgehead atoms. The molecule has 0 atom stereocenters. The van der Waals surface area contributed by atoms with Crippen LogP contribution in [0, 0.1) is 3.57 Å². The number of hydrogen-bond donors (Lipinski definition) is 1. The van der Waals surface area contributed by atoms with Crippen molar-refractivity contribution in [3.63, 3.8) is 0 Å². The molecule has 1 N–H and O–H groups in total. The van der Waals surface area contributed by atoms with Crippen LogP contribution in [-0.4, -0.2) is 15.6 Å². The van der Waals surface area contributed by atoms with Gasteiger partial charge >= 0.3 is 5.97 Å². The number of carboxylic acid groups (broad SMARTS) is 1. The van der Waals surface area contributed by atoms with Crippen LogP contribution in [0.1, 0.15) is 17.4 Å². The molecule has 1 aromatic rings. The van der Waals surface area contributed by atoms with Crippen LogP contribution in [0.5, 0.6) is 0 Å². The first-order valence-corrected chi connectivity index (χ1v) is 4.32. The third-order valence-electron chi connectivity index (χ3n) is 1.42. The molecule has 0 amide bonds. The van der Waals surface area contributed by atoms with Gasteiger partial charge in [-0.25, -0.2) is 4.79 Å². The Balaban J connectivity index is 3.12. The van der Waals surface area contributed by atoms with Gasteiger partial charge in [-0.15, -0.1) is 0 Å². The number of hydrogen-bond acceptors (Lipinski definition) is 1. The molecule has 0 radical (unpaired) electrons. The van der Waals surface area contributed by atoms with Gasteiger partial charge in [-0.2, -0.15) is 0 Å². The first kappa shape index (κ1) is 8.58. The molecule has 0 aromatic carbocycles. The smallest absolute Gasteiger partial charge is 0.352 e. The summed E-state index contributed by atoms with van der Waals surface area (Å²) in [5, 5.41) is 8.69. The molecule has 0 unspecified atom stereocenters. The molecule has 0 aliphatic heterocycles. The SMILES string of the molecule is CCn1cc(I)cc1C(=O)O. The van der Waals surface area contributed by atoms with Crippen molar-refractivity contribution < 1.29 is 9.90 Å². The number of aromatic nitrogens is 1. The highest BCUT2D eigenvalue weighted by Gasteiger charge is 2.09. The standard InChI is InChI=1S/C7H8INO2/c1-2-9-4-5(8)3-6(9)7(10)11/h3-4H,2H2,1H3,(H,10,11). The molecule has 60 valence electrons. The van der Waals surface area contributed by atoms with Crippen molar-refractivity contribution in [1.29, 1.82) is 0 Å². The summed E-state index contributed by atoms with van der Waals surface area (Å²) in [7, 11) is 0. The van der Waals surface area contributed by atoms with E-state index in [0.29, 0.717) is 12.2 Å². The number of aromatic carboxylic acids is 1. The van der Waals surface area contributed by atoms with Crippen LogP contribution in [-0.2, 0) is 6.54 Å². The lowest BCUT2D eigenvalue weighted by atomic mass is 10.4. The van der Waals surface area contributed by atoms with Crippen molar-refractivity contribution in [3.8, 4) is 0 Å². The van der Waals surface area contributed by atoms with Crippen molar-refractivity contribution in [3.05, 3.63) is 21.5 Å². The van der Waals surface area contributed by atoms with Crippen molar-refractivity contribution in [2.45, 2.75) is 13.5 Å². The average molecular weight is 265 g/mol. The second-order valence-corrected chi connectivity index (χ2v) is 3.38. The highest BCUT2D eigenvalue weighted by Crippen LogP contribution is 2.10. The van der Waals surface area contributed by atoms with Gasteiger partial charge in [-0.1, -0.05) is 0 Å². The lowest BCUT2D eigenvalue weighted by Crippen LogP contribution is -2.05. The minimum atomic E-state index is -0.866. The van der Waals surface area contributed by atoms with Gasteiger partial charge in [0.1, 0.15) is 5.69 Å². The topological polar surface area (TPSA) is 42.2 Å². The average Bonchev–Trinajstić information content (AvgIpc) is 2.30. The fourth-order valence-corrected chi connectivity index (χ4v) is 1.55. The van der Waals surface area contributed by atoms with Crippen LogP contribution in [0.25, 0.3) is 0 Å². The minimum Gasteiger partial charge on any atom is -0.477 e.